The minimum Gasteiger partial charge on any atom is -0.298 e. The molecule has 0 aliphatic carbocycles. The molecular formula is C25H27N5OS. The van der Waals surface area contributed by atoms with Crippen molar-refractivity contribution in [3.63, 3.8) is 0 Å². The molecule has 0 saturated carbocycles. The molecule has 1 aromatic carbocycles. The zero-order valence-electron chi connectivity index (χ0n) is 18.9. The number of rotatable bonds is 6. The summed E-state index contributed by atoms with van der Waals surface area (Å²) >= 11 is 1.51. The number of pyridine rings is 1. The van der Waals surface area contributed by atoms with Gasteiger partial charge < -0.3 is 0 Å². The number of aryl methyl sites for hydroxylation is 1. The van der Waals surface area contributed by atoms with E-state index in [1.807, 2.05) is 29.7 Å². The lowest BCUT2D eigenvalue weighted by Gasteiger charge is -2.19. The first-order chi connectivity index (χ1) is 15.3. The Balaban J connectivity index is 1.60. The van der Waals surface area contributed by atoms with Crippen molar-refractivity contribution in [3.05, 3.63) is 88.5 Å². The van der Waals surface area contributed by atoms with Crippen molar-refractivity contribution in [2.24, 2.45) is 0 Å². The Labute approximate surface area is 192 Å². The minimum absolute atomic E-state index is 0.0820. The van der Waals surface area contributed by atoms with Gasteiger partial charge in [-0.2, -0.15) is 0 Å². The highest BCUT2D eigenvalue weighted by Gasteiger charge is 2.17. The van der Waals surface area contributed by atoms with Gasteiger partial charge in [-0.25, -0.2) is 4.98 Å². The smallest absolute Gasteiger partial charge is 0.258 e. The van der Waals surface area contributed by atoms with Gasteiger partial charge in [0.2, 0.25) is 0 Å². The topological polar surface area (TPSA) is 65.1 Å². The minimum atomic E-state index is -0.0820. The first-order valence-electron chi connectivity index (χ1n) is 10.5. The fraction of sp³-hybridized carbons (Fsp3) is 0.280. The maximum Gasteiger partial charge on any atom is 0.258 e. The van der Waals surface area contributed by atoms with Crippen molar-refractivity contribution in [2.75, 3.05) is 0 Å². The number of hydrogen-bond acceptors (Lipinski definition) is 5. The van der Waals surface area contributed by atoms with E-state index in [0.29, 0.717) is 23.6 Å². The average molecular weight is 446 g/mol. The van der Waals surface area contributed by atoms with E-state index in [1.165, 1.54) is 17.3 Å². The molecule has 0 saturated heterocycles. The third kappa shape index (κ3) is 4.53. The summed E-state index contributed by atoms with van der Waals surface area (Å²) in [5.74, 6) is 1.33. The van der Waals surface area contributed by atoms with Gasteiger partial charge in [0.05, 0.1) is 5.69 Å². The van der Waals surface area contributed by atoms with Crippen LogP contribution in [0.25, 0.3) is 17.0 Å². The van der Waals surface area contributed by atoms with E-state index in [1.54, 1.807) is 16.7 Å². The molecule has 4 aromatic rings. The van der Waals surface area contributed by atoms with E-state index in [2.05, 4.69) is 66.8 Å². The summed E-state index contributed by atoms with van der Waals surface area (Å²) in [4.78, 5) is 17.1. The molecule has 4 rings (SSSR count). The van der Waals surface area contributed by atoms with Gasteiger partial charge in [-0.3, -0.25) is 13.8 Å². The summed E-state index contributed by atoms with van der Waals surface area (Å²) < 4.78 is 3.62. The largest absolute Gasteiger partial charge is 0.298 e. The molecule has 0 unspecified atom stereocenters. The van der Waals surface area contributed by atoms with E-state index < -0.39 is 0 Å². The van der Waals surface area contributed by atoms with Crippen LogP contribution < -0.4 is 5.56 Å². The summed E-state index contributed by atoms with van der Waals surface area (Å²) in [5.41, 5.74) is 4.68. The second-order valence-corrected chi connectivity index (χ2v) is 9.78. The first-order valence-corrected chi connectivity index (χ1v) is 11.5. The third-order valence-electron chi connectivity index (χ3n) is 5.25. The van der Waals surface area contributed by atoms with Gasteiger partial charge in [-0.1, -0.05) is 68.9 Å². The predicted molar refractivity (Wildman–Crippen MR) is 130 cm³/mol. The van der Waals surface area contributed by atoms with Crippen LogP contribution in [0.1, 0.15) is 37.6 Å². The van der Waals surface area contributed by atoms with Crippen molar-refractivity contribution >= 4 is 17.4 Å². The standard InChI is InChI=1S/C25H27N5OS/c1-6-13-29-23(18-8-10-19(11-9-18)25(3,4)5)27-28-24(29)32-16-20-14-22(31)30-15-17(2)7-12-21(30)26-20/h6-12,14-15H,1,13,16H2,2-5H3. The third-order valence-corrected chi connectivity index (χ3v) is 6.25. The number of fused-ring (bicyclic) bond motifs is 1. The molecule has 0 N–H and O–H groups in total. The van der Waals surface area contributed by atoms with Gasteiger partial charge in [0, 0.05) is 30.1 Å². The summed E-state index contributed by atoms with van der Waals surface area (Å²) in [7, 11) is 0. The van der Waals surface area contributed by atoms with E-state index >= 15 is 0 Å². The summed E-state index contributed by atoms with van der Waals surface area (Å²) in [6, 6.07) is 13.9. The molecule has 32 heavy (non-hydrogen) atoms. The maximum absolute atomic E-state index is 12.5. The van der Waals surface area contributed by atoms with Crippen LogP contribution in [0, 0.1) is 6.92 Å². The lowest BCUT2D eigenvalue weighted by atomic mass is 9.87. The van der Waals surface area contributed by atoms with Gasteiger partial charge in [0.25, 0.3) is 5.56 Å². The summed E-state index contributed by atoms with van der Waals surface area (Å²) in [6.45, 7) is 13.0. The molecule has 3 aromatic heterocycles. The second kappa shape index (κ2) is 8.74. The number of thioether (sulfide) groups is 1. The summed E-state index contributed by atoms with van der Waals surface area (Å²) in [5, 5.41) is 9.62. The van der Waals surface area contributed by atoms with Crippen LogP contribution in [0.3, 0.4) is 0 Å². The van der Waals surface area contributed by atoms with Crippen molar-refractivity contribution < 1.29 is 0 Å². The Kier molecular flexibility index (Phi) is 6.02. The molecule has 0 aliphatic rings. The zero-order chi connectivity index (χ0) is 22.9. The molecule has 0 atom stereocenters. The monoisotopic (exact) mass is 445 g/mol. The number of benzene rings is 1. The highest BCUT2D eigenvalue weighted by Crippen LogP contribution is 2.28. The quantitative estimate of drug-likeness (QED) is 0.307. The Morgan fingerprint density at radius 2 is 1.84 bits per heavy atom. The number of nitrogens with zero attached hydrogens (tertiary/aromatic N) is 5. The van der Waals surface area contributed by atoms with Crippen molar-refractivity contribution in [2.45, 2.75) is 50.6 Å². The Bertz CT molecular complexity index is 1330. The van der Waals surface area contributed by atoms with Crippen LogP contribution in [-0.2, 0) is 17.7 Å². The lowest BCUT2D eigenvalue weighted by molar-refractivity contribution is 0.590. The van der Waals surface area contributed by atoms with Crippen LogP contribution in [-0.4, -0.2) is 24.1 Å². The fourth-order valence-corrected chi connectivity index (χ4v) is 4.33. The first kappa shape index (κ1) is 22.0. The fourth-order valence-electron chi connectivity index (χ4n) is 3.49. The average Bonchev–Trinajstić information content (AvgIpc) is 3.15. The van der Waals surface area contributed by atoms with Gasteiger partial charge in [-0.05, 0) is 29.5 Å². The molecular weight excluding hydrogens is 418 g/mol. The van der Waals surface area contributed by atoms with Crippen molar-refractivity contribution in [1.29, 1.82) is 0 Å². The Hall–Kier alpha value is -3.19. The van der Waals surface area contributed by atoms with Crippen LogP contribution in [0.5, 0.6) is 0 Å². The van der Waals surface area contributed by atoms with Crippen molar-refractivity contribution in [1.82, 2.24) is 24.1 Å². The normalized spacial score (nSPS) is 11.8. The van der Waals surface area contributed by atoms with Gasteiger partial charge in [-0.15, -0.1) is 16.8 Å². The van der Waals surface area contributed by atoms with Gasteiger partial charge >= 0.3 is 0 Å². The van der Waals surface area contributed by atoms with Crippen LogP contribution in [0.15, 0.2) is 71.3 Å². The maximum atomic E-state index is 12.5. The second-order valence-electron chi connectivity index (χ2n) is 8.84. The molecule has 0 radical (unpaired) electrons. The highest BCUT2D eigenvalue weighted by molar-refractivity contribution is 7.98. The van der Waals surface area contributed by atoms with E-state index in [9.17, 15) is 4.79 Å². The highest BCUT2D eigenvalue weighted by atomic mass is 32.2. The van der Waals surface area contributed by atoms with Crippen molar-refractivity contribution in [3.8, 4) is 11.4 Å². The molecule has 7 heteroatoms. The molecule has 0 spiro atoms. The van der Waals surface area contributed by atoms with Crippen LogP contribution >= 0.6 is 11.8 Å². The zero-order valence-corrected chi connectivity index (χ0v) is 19.7. The Morgan fingerprint density at radius 3 is 2.53 bits per heavy atom. The molecule has 0 bridgehead atoms. The number of allylic oxidation sites excluding steroid dienone is 1. The molecule has 164 valence electrons. The summed E-state index contributed by atoms with van der Waals surface area (Å²) in [6.07, 6.45) is 3.64. The molecule has 6 nitrogen and oxygen atoms in total. The molecule has 3 heterocycles. The lowest BCUT2D eigenvalue weighted by Crippen LogP contribution is -2.15. The molecule has 0 amide bonds. The number of aromatic nitrogens is 5. The molecule has 0 aliphatic heterocycles. The number of hydrogen-bond donors (Lipinski definition) is 0. The predicted octanol–water partition coefficient (Wildman–Crippen LogP) is 5.04. The van der Waals surface area contributed by atoms with E-state index in [-0.39, 0.29) is 11.0 Å². The van der Waals surface area contributed by atoms with Gasteiger partial charge in [0.15, 0.2) is 11.0 Å². The Morgan fingerprint density at radius 1 is 1.09 bits per heavy atom. The van der Waals surface area contributed by atoms with Crippen LogP contribution in [0.2, 0.25) is 0 Å². The molecule has 0 fully saturated rings. The van der Waals surface area contributed by atoms with Gasteiger partial charge in [0.1, 0.15) is 5.65 Å². The SMILES string of the molecule is C=CCn1c(SCc2cc(=O)n3cc(C)ccc3n2)nnc1-c1ccc(C(C)(C)C)cc1. The van der Waals surface area contributed by atoms with Crippen LogP contribution in [0.4, 0.5) is 0 Å². The van der Waals surface area contributed by atoms with E-state index in [0.717, 1.165) is 22.1 Å². The van der Waals surface area contributed by atoms with E-state index in [4.69, 9.17) is 0 Å².